The van der Waals surface area contributed by atoms with Crippen LogP contribution < -0.4 is 5.73 Å². The largest absolute Gasteiger partial charge is 0.480 e. The minimum Gasteiger partial charge on any atom is -0.480 e. The Kier molecular flexibility index (Phi) is 13.5. The van der Waals surface area contributed by atoms with Gasteiger partial charge in [-0.25, -0.2) is 0 Å². The molecule has 0 spiro atoms. The van der Waals surface area contributed by atoms with Crippen LogP contribution in [0.5, 0.6) is 0 Å². The molecule has 0 aliphatic heterocycles. The number of carboxylic acids is 1. The van der Waals surface area contributed by atoms with E-state index in [4.69, 9.17) is 40.0 Å². The number of carboxylic acid groups (broad SMARTS) is 1. The molecule has 10 heteroatoms. The Morgan fingerprint density at radius 2 is 1.37 bits per heavy atom. The van der Waals surface area contributed by atoms with Crippen LogP contribution in [0.25, 0.3) is 0 Å². The normalized spacial score (nSPS) is 12.7. The van der Waals surface area contributed by atoms with Crippen LogP contribution >= 0.6 is 46.0 Å². The highest BCUT2D eigenvalue weighted by Gasteiger charge is 2.27. The molecule has 6 nitrogen and oxygen atoms in total. The zero-order valence-electron chi connectivity index (χ0n) is 19.5. The predicted molar refractivity (Wildman–Crippen MR) is 153 cm³/mol. The third-order valence-electron chi connectivity index (χ3n) is 5.23. The molecule has 2 aromatic rings. The van der Waals surface area contributed by atoms with E-state index in [1.807, 2.05) is 60.7 Å². The number of hydrogen-bond donors (Lipinski definition) is 2. The number of methoxy groups -OCH3 is 1. The van der Waals surface area contributed by atoms with E-state index in [2.05, 4.69) is 4.90 Å². The average Bonchev–Trinajstić information content (AvgIpc) is 2.89. The van der Waals surface area contributed by atoms with E-state index in [1.54, 1.807) is 0 Å². The summed E-state index contributed by atoms with van der Waals surface area (Å²) < 4.78 is 5.10. The topological polar surface area (TPSA) is 92.9 Å². The fourth-order valence-electron chi connectivity index (χ4n) is 3.21. The Bertz CT molecular complexity index is 920. The summed E-state index contributed by atoms with van der Waals surface area (Å²) in [5.74, 6) is -0.741. The van der Waals surface area contributed by atoms with Crippen molar-refractivity contribution >= 4 is 67.7 Å². The minimum absolute atomic E-state index is 0.240. The molecule has 1 unspecified atom stereocenters. The number of rotatable bonds is 16. The number of carbonyl (C=O) groups is 2. The predicted octanol–water partition coefficient (Wildman–Crippen LogP) is 4.24. The molecule has 0 radical (unpaired) electrons. The van der Waals surface area contributed by atoms with Gasteiger partial charge in [-0.1, -0.05) is 107 Å². The van der Waals surface area contributed by atoms with Crippen LogP contribution in [0, 0.1) is 0 Å². The maximum absolute atomic E-state index is 12.7. The van der Waals surface area contributed by atoms with Gasteiger partial charge in [0.2, 0.25) is 0 Å². The highest BCUT2D eigenvalue weighted by molar-refractivity contribution is 8.76. The molecule has 3 N–H and O–H groups in total. The first-order valence-corrected chi connectivity index (χ1v) is 14.3. The Morgan fingerprint density at radius 3 is 1.80 bits per heavy atom. The third kappa shape index (κ3) is 10.4. The fourth-order valence-corrected chi connectivity index (χ4v) is 6.03. The second-order valence-corrected chi connectivity index (χ2v) is 11.2. The molecule has 0 amide bonds. The Morgan fingerprint density at radius 1 is 0.914 bits per heavy atom. The van der Waals surface area contributed by atoms with Crippen molar-refractivity contribution in [1.82, 2.24) is 4.90 Å². The second-order valence-electron chi connectivity index (χ2n) is 7.67. The van der Waals surface area contributed by atoms with Crippen molar-refractivity contribution in [2.24, 2.45) is 5.73 Å². The summed E-state index contributed by atoms with van der Waals surface area (Å²) in [5.41, 5.74) is 7.57. The van der Waals surface area contributed by atoms with Crippen LogP contribution in [0.4, 0.5) is 0 Å². The summed E-state index contributed by atoms with van der Waals surface area (Å²) >= 11 is 11.3. The molecule has 0 heterocycles. The number of nitrogens with two attached hydrogens (primary N) is 1. The summed E-state index contributed by atoms with van der Waals surface area (Å²) in [5, 5.41) is 8.98. The van der Waals surface area contributed by atoms with Gasteiger partial charge in [-0.05, 0) is 24.0 Å². The Labute approximate surface area is 225 Å². The lowest BCUT2D eigenvalue weighted by Crippen LogP contribution is -2.45. The molecule has 2 rings (SSSR count). The van der Waals surface area contributed by atoms with E-state index >= 15 is 0 Å². The molecule has 188 valence electrons. The maximum Gasteiger partial charge on any atom is 0.323 e. The number of carbonyl (C=O) groups excluding carboxylic acids is 1. The number of benzene rings is 2. The van der Waals surface area contributed by atoms with Gasteiger partial charge in [-0.3, -0.25) is 14.5 Å². The minimum atomic E-state index is -1.05. The second kappa shape index (κ2) is 16.0. The average molecular weight is 551 g/mol. The lowest BCUT2D eigenvalue weighted by molar-refractivity contribution is -0.146. The molecule has 35 heavy (non-hydrogen) atoms. The van der Waals surface area contributed by atoms with E-state index in [9.17, 15) is 9.59 Å². The first-order chi connectivity index (χ1) is 16.8. The molecule has 0 aromatic heterocycles. The Hall–Kier alpha value is -1.82. The van der Waals surface area contributed by atoms with Gasteiger partial charge in [-0.15, -0.1) is 0 Å². The summed E-state index contributed by atoms with van der Waals surface area (Å²) in [6.07, 6.45) is 1.21. The zero-order valence-corrected chi connectivity index (χ0v) is 22.8. The van der Waals surface area contributed by atoms with Gasteiger partial charge in [0.05, 0.1) is 7.11 Å². The number of esters is 1. The smallest absolute Gasteiger partial charge is 0.323 e. The lowest BCUT2D eigenvalue weighted by atomic mass is 10.1. The van der Waals surface area contributed by atoms with Crippen LogP contribution in [-0.4, -0.2) is 75.5 Å². The quantitative estimate of drug-likeness (QED) is 0.104. The highest BCUT2D eigenvalue weighted by atomic mass is 33.1. The number of thiocarbonyl (C=S) groups is 2. The number of hydrogen-bond acceptors (Lipinski definition) is 9. The number of nitrogens with zero attached hydrogens (tertiary/aromatic N) is 1. The van der Waals surface area contributed by atoms with Crippen LogP contribution in [0.1, 0.15) is 24.0 Å². The number of aliphatic carboxylic acids is 1. The van der Waals surface area contributed by atoms with Gasteiger partial charge >= 0.3 is 11.9 Å². The molecule has 0 saturated heterocycles. The van der Waals surface area contributed by atoms with Gasteiger partial charge in [0.25, 0.3) is 0 Å². The molecule has 0 saturated carbocycles. The first-order valence-electron chi connectivity index (χ1n) is 11.0. The van der Waals surface area contributed by atoms with Gasteiger partial charge < -0.3 is 15.6 Å². The fraction of sp³-hybridized carbons (Fsp3) is 0.360. The molecule has 2 aromatic carbocycles. The van der Waals surface area contributed by atoms with Crippen molar-refractivity contribution in [3.05, 3.63) is 71.8 Å². The van der Waals surface area contributed by atoms with Crippen LogP contribution in [-0.2, 0) is 14.3 Å². The van der Waals surface area contributed by atoms with E-state index < -0.39 is 18.1 Å². The molecular formula is C25H30N2O4S4. The van der Waals surface area contributed by atoms with E-state index in [1.165, 1.54) is 28.7 Å². The van der Waals surface area contributed by atoms with Crippen molar-refractivity contribution in [2.45, 2.75) is 24.9 Å². The summed E-state index contributed by atoms with van der Waals surface area (Å²) in [4.78, 5) is 27.4. The van der Waals surface area contributed by atoms with E-state index in [0.717, 1.165) is 20.9 Å². The van der Waals surface area contributed by atoms with Gasteiger partial charge in [0, 0.05) is 34.3 Å². The van der Waals surface area contributed by atoms with Crippen molar-refractivity contribution in [3.63, 3.8) is 0 Å². The van der Waals surface area contributed by atoms with E-state index in [0.29, 0.717) is 31.7 Å². The standard InChI is InChI=1S/C25H30N2O4S4/c1-31-25(30)21(17-35-34-16-20(26)24(28)29)27(14-12-22(32)18-8-4-2-5-9-18)15-13-23(33)19-10-6-3-7-11-19/h2-11,20-21H,12-17,26H2,1H3,(H,28,29)/t20?,21-/m0/s1. The molecular weight excluding hydrogens is 521 g/mol. The molecule has 0 aliphatic rings. The van der Waals surface area contributed by atoms with Crippen LogP contribution in [0.3, 0.4) is 0 Å². The summed E-state index contributed by atoms with van der Waals surface area (Å²) in [6, 6.07) is 18.1. The summed E-state index contributed by atoms with van der Waals surface area (Å²) in [6.45, 7) is 1.12. The van der Waals surface area contributed by atoms with Crippen molar-refractivity contribution < 1.29 is 19.4 Å². The molecule has 0 fully saturated rings. The van der Waals surface area contributed by atoms with Crippen LogP contribution in [0.15, 0.2) is 60.7 Å². The summed E-state index contributed by atoms with van der Waals surface area (Å²) in [7, 11) is 4.11. The van der Waals surface area contributed by atoms with Crippen LogP contribution in [0.2, 0.25) is 0 Å². The Balaban J connectivity index is 2.10. The maximum atomic E-state index is 12.7. The lowest BCUT2D eigenvalue weighted by Gasteiger charge is -2.30. The SMILES string of the molecule is COC(=O)[C@H](CSSCC(N)C(=O)O)N(CCC(=S)c1ccccc1)CCC(=S)c1ccccc1. The van der Waals surface area contributed by atoms with Crippen molar-refractivity contribution in [3.8, 4) is 0 Å². The van der Waals surface area contributed by atoms with Crippen molar-refractivity contribution in [1.29, 1.82) is 0 Å². The molecule has 0 bridgehead atoms. The molecule has 2 atom stereocenters. The van der Waals surface area contributed by atoms with Gasteiger partial charge in [0.1, 0.15) is 12.1 Å². The first kappa shape index (κ1) is 29.4. The highest BCUT2D eigenvalue weighted by Crippen LogP contribution is 2.25. The van der Waals surface area contributed by atoms with Crippen molar-refractivity contribution in [2.75, 3.05) is 31.7 Å². The molecule has 0 aliphatic carbocycles. The zero-order chi connectivity index (χ0) is 25.6. The van der Waals surface area contributed by atoms with E-state index in [-0.39, 0.29) is 11.7 Å². The van der Waals surface area contributed by atoms with Gasteiger partial charge in [0.15, 0.2) is 0 Å². The monoisotopic (exact) mass is 550 g/mol. The number of ether oxygens (including phenoxy) is 1. The third-order valence-corrected chi connectivity index (χ3v) is 8.54. The van der Waals surface area contributed by atoms with Gasteiger partial charge in [-0.2, -0.15) is 0 Å².